The Morgan fingerprint density at radius 3 is 2.94 bits per heavy atom. The number of carbonyl (C=O) groups excluding carboxylic acids is 1. The summed E-state index contributed by atoms with van der Waals surface area (Å²) in [4.78, 5) is 14.0. The molecule has 1 aromatic heterocycles. The van der Waals surface area contributed by atoms with E-state index in [1.807, 2.05) is 0 Å². The van der Waals surface area contributed by atoms with E-state index in [1.165, 1.54) is 6.07 Å². The Balaban J connectivity index is 2.21. The largest absolute Gasteiger partial charge is 0.338 e. The van der Waals surface area contributed by atoms with Crippen molar-refractivity contribution in [1.82, 2.24) is 15.1 Å². The van der Waals surface area contributed by atoms with Crippen LogP contribution >= 0.6 is 23.2 Å². The van der Waals surface area contributed by atoms with Crippen LogP contribution in [0.2, 0.25) is 10.3 Å². The summed E-state index contributed by atoms with van der Waals surface area (Å²) in [5.74, 6) is 0.412. The van der Waals surface area contributed by atoms with E-state index < -0.39 is 0 Å². The van der Waals surface area contributed by atoms with Gasteiger partial charge in [0.2, 0.25) is 0 Å². The molecule has 0 N–H and O–H groups in total. The Morgan fingerprint density at radius 2 is 2.24 bits per heavy atom. The highest BCUT2D eigenvalue weighted by molar-refractivity contribution is 6.34. The molecule has 1 aliphatic rings. The SMILES string of the molecule is CC1CCCN(C(=O)c2cc(Cl)nnc2Cl)C1. The zero-order valence-corrected chi connectivity index (χ0v) is 11.0. The van der Waals surface area contributed by atoms with E-state index in [9.17, 15) is 4.79 Å². The van der Waals surface area contributed by atoms with Crippen LogP contribution in [0.3, 0.4) is 0 Å². The zero-order chi connectivity index (χ0) is 12.4. The third kappa shape index (κ3) is 2.87. The first-order valence-corrected chi connectivity index (χ1v) is 6.31. The number of hydrogen-bond acceptors (Lipinski definition) is 3. The van der Waals surface area contributed by atoms with Crippen LogP contribution in [0.25, 0.3) is 0 Å². The average Bonchev–Trinajstić information content (AvgIpc) is 2.31. The number of halogens is 2. The molecule has 1 atom stereocenters. The number of nitrogens with zero attached hydrogens (tertiary/aromatic N) is 3. The molecule has 0 saturated carbocycles. The van der Waals surface area contributed by atoms with Gasteiger partial charge in [0.25, 0.3) is 5.91 Å². The normalized spacial score (nSPS) is 20.4. The lowest BCUT2D eigenvalue weighted by molar-refractivity contribution is 0.0682. The van der Waals surface area contributed by atoms with Crippen molar-refractivity contribution < 1.29 is 4.79 Å². The number of likely N-dealkylation sites (tertiary alicyclic amines) is 1. The van der Waals surface area contributed by atoms with Crippen molar-refractivity contribution in [2.24, 2.45) is 5.92 Å². The van der Waals surface area contributed by atoms with Crippen LogP contribution in [0.4, 0.5) is 0 Å². The first-order valence-electron chi connectivity index (χ1n) is 5.56. The van der Waals surface area contributed by atoms with Crippen LogP contribution in [-0.2, 0) is 0 Å². The summed E-state index contributed by atoms with van der Waals surface area (Å²) in [6.07, 6.45) is 2.18. The second kappa shape index (κ2) is 5.19. The standard InChI is InChI=1S/C11H13Cl2N3O/c1-7-3-2-4-16(6-7)11(17)8-5-9(12)14-15-10(8)13/h5,7H,2-4,6H2,1H3. The van der Waals surface area contributed by atoms with Gasteiger partial charge in [-0.15, -0.1) is 10.2 Å². The lowest BCUT2D eigenvalue weighted by Gasteiger charge is -2.31. The van der Waals surface area contributed by atoms with Gasteiger partial charge in [0, 0.05) is 13.1 Å². The fraction of sp³-hybridized carbons (Fsp3) is 0.545. The number of aromatic nitrogens is 2. The zero-order valence-electron chi connectivity index (χ0n) is 9.49. The molecule has 1 amide bonds. The van der Waals surface area contributed by atoms with Crippen LogP contribution < -0.4 is 0 Å². The number of piperidine rings is 1. The van der Waals surface area contributed by atoms with E-state index in [0.29, 0.717) is 11.5 Å². The molecule has 2 rings (SSSR count). The summed E-state index contributed by atoms with van der Waals surface area (Å²) in [5, 5.41) is 7.54. The third-order valence-corrected chi connectivity index (χ3v) is 3.36. The second-order valence-corrected chi connectivity index (χ2v) is 5.12. The van der Waals surface area contributed by atoms with Crippen molar-refractivity contribution in [1.29, 1.82) is 0 Å². The Hall–Kier alpha value is -0.870. The van der Waals surface area contributed by atoms with Crippen LogP contribution in [0, 0.1) is 5.92 Å². The predicted molar refractivity (Wildman–Crippen MR) is 66.4 cm³/mol. The smallest absolute Gasteiger partial charge is 0.257 e. The van der Waals surface area contributed by atoms with Crippen molar-refractivity contribution in [2.75, 3.05) is 13.1 Å². The lowest BCUT2D eigenvalue weighted by atomic mass is 10.00. The van der Waals surface area contributed by atoms with Gasteiger partial charge in [0.05, 0.1) is 5.56 Å². The van der Waals surface area contributed by atoms with E-state index in [2.05, 4.69) is 17.1 Å². The summed E-state index contributed by atoms with van der Waals surface area (Å²) >= 11 is 11.6. The van der Waals surface area contributed by atoms with Gasteiger partial charge < -0.3 is 4.90 Å². The molecule has 92 valence electrons. The van der Waals surface area contributed by atoms with Crippen LogP contribution in [-0.4, -0.2) is 34.1 Å². The summed E-state index contributed by atoms with van der Waals surface area (Å²) < 4.78 is 0. The van der Waals surface area contributed by atoms with E-state index >= 15 is 0 Å². The highest BCUT2D eigenvalue weighted by Gasteiger charge is 2.24. The Kier molecular flexibility index (Phi) is 3.84. The fourth-order valence-corrected chi connectivity index (χ4v) is 2.37. The molecule has 0 aliphatic carbocycles. The van der Waals surface area contributed by atoms with Gasteiger partial charge in [-0.2, -0.15) is 0 Å². The minimum Gasteiger partial charge on any atom is -0.338 e. The molecule has 1 unspecified atom stereocenters. The maximum Gasteiger partial charge on any atom is 0.257 e. The van der Waals surface area contributed by atoms with Gasteiger partial charge in [0.15, 0.2) is 10.3 Å². The molecular weight excluding hydrogens is 261 g/mol. The maximum absolute atomic E-state index is 12.2. The molecule has 0 aromatic carbocycles. The summed E-state index contributed by atoms with van der Waals surface area (Å²) in [7, 11) is 0. The lowest BCUT2D eigenvalue weighted by Crippen LogP contribution is -2.39. The van der Waals surface area contributed by atoms with Crippen molar-refractivity contribution >= 4 is 29.1 Å². The second-order valence-electron chi connectivity index (χ2n) is 4.37. The Bertz CT molecular complexity index is 439. The number of carbonyl (C=O) groups is 1. The van der Waals surface area contributed by atoms with Crippen LogP contribution in [0.5, 0.6) is 0 Å². The van der Waals surface area contributed by atoms with E-state index in [-0.39, 0.29) is 16.2 Å². The third-order valence-electron chi connectivity index (χ3n) is 2.89. The molecule has 1 aliphatic heterocycles. The van der Waals surface area contributed by atoms with Crippen LogP contribution in [0.1, 0.15) is 30.1 Å². The van der Waals surface area contributed by atoms with E-state index in [1.54, 1.807) is 4.90 Å². The minimum atomic E-state index is -0.113. The van der Waals surface area contributed by atoms with Gasteiger partial charge in [0.1, 0.15) is 0 Å². The number of rotatable bonds is 1. The average molecular weight is 274 g/mol. The monoisotopic (exact) mass is 273 g/mol. The topological polar surface area (TPSA) is 46.1 Å². The van der Waals surface area contributed by atoms with Gasteiger partial charge in [-0.1, -0.05) is 30.1 Å². The summed E-state index contributed by atoms with van der Waals surface area (Å²) in [6.45, 7) is 3.66. The number of hydrogen-bond donors (Lipinski definition) is 0. The Morgan fingerprint density at radius 1 is 1.47 bits per heavy atom. The number of amides is 1. The van der Waals surface area contributed by atoms with Crippen molar-refractivity contribution in [3.05, 3.63) is 21.9 Å². The Labute approximate surface area is 110 Å². The predicted octanol–water partition coefficient (Wildman–Crippen LogP) is 2.66. The molecule has 0 bridgehead atoms. The van der Waals surface area contributed by atoms with Gasteiger partial charge in [-0.25, -0.2) is 0 Å². The van der Waals surface area contributed by atoms with Gasteiger partial charge in [-0.05, 0) is 24.8 Å². The molecular formula is C11H13Cl2N3O. The molecule has 1 saturated heterocycles. The van der Waals surface area contributed by atoms with Crippen molar-refractivity contribution in [2.45, 2.75) is 19.8 Å². The van der Waals surface area contributed by atoms with Crippen LogP contribution in [0.15, 0.2) is 6.07 Å². The molecule has 1 aromatic rings. The summed E-state index contributed by atoms with van der Waals surface area (Å²) in [6, 6.07) is 1.47. The minimum absolute atomic E-state index is 0.109. The molecule has 0 spiro atoms. The molecule has 1 fully saturated rings. The molecule has 6 heteroatoms. The van der Waals surface area contributed by atoms with Gasteiger partial charge >= 0.3 is 0 Å². The first-order chi connectivity index (χ1) is 8.08. The van der Waals surface area contributed by atoms with Crippen molar-refractivity contribution in [3.8, 4) is 0 Å². The molecule has 0 radical (unpaired) electrons. The van der Waals surface area contributed by atoms with Gasteiger partial charge in [-0.3, -0.25) is 4.79 Å². The van der Waals surface area contributed by atoms with E-state index in [0.717, 1.165) is 25.9 Å². The molecule has 17 heavy (non-hydrogen) atoms. The first kappa shape index (κ1) is 12.6. The fourth-order valence-electron chi connectivity index (χ4n) is 2.05. The van der Waals surface area contributed by atoms with Crippen molar-refractivity contribution in [3.63, 3.8) is 0 Å². The quantitative estimate of drug-likeness (QED) is 0.790. The summed E-state index contributed by atoms with van der Waals surface area (Å²) in [5.41, 5.74) is 0.334. The highest BCUT2D eigenvalue weighted by Crippen LogP contribution is 2.21. The molecule has 4 nitrogen and oxygen atoms in total. The highest BCUT2D eigenvalue weighted by atomic mass is 35.5. The maximum atomic E-state index is 12.2. The molecule has 2 heterocycles. The van der Waals surface area contributed by atoms with E-state index in [4.69, 9.17) is 23.2 Å².